The van der Waals surface area contributed by atoms with Gasteiger partial charge in [0, 0.05) is 5.56 Å². The topological polar surface area (TPSA) is 48.2 Å². The minimum atomic E-state index is 0.106. The molecule has 1 atom stereocenters. The molecule has 2 rings (SSSR count). The molecule has 0 saturated carbocycles. The van der Waals surface area contributed by atoms with Crippen LogP contribution >= 0.6 is 15.9 Å². The Balaban J connectivity index is 2.30. The molecule has 0 N–H and O–H groups in total. The van der Waals surface area contributed by atoms with E-state index in [-0.39, 0.29) is 4.83 Å². The van der Waals surface area contributed by atoms with E-state index in [1.54, 1.807) is 7.11 Å². The molecule has 0 radical (unpaired) electrons. The summed E-state index contributed by atoms with van der Waals surface area (Å²) in [7, 11) is 1.63. The van der Waals surface area contributed by atoms with Crippen LogP contribution in [0.2, 0.25) is 0 Å². The molecule has 0 aliphatic rings. The molecule has 0 amide bonds. The Morgan fingerprint density at radius 2 is 2.29 bits per heavy atom. The zero-order valence-corrected chi connectivity index (χ0v) is 11.3. The normalized spacial score (nSPS) is 12.4. The first-order valence-electron chi connectivity index (χ1n) is 5.36. The monoisotopic (exact) mass is 296 g/mol. The highest BCUT2D eigenvalue weighted by Gasteiger charge is 2.15. The van der Waals surface area contributed by atoms with E-state index in [0.717, 1.165) is 17.7 Å². The minimum absolute atomic E-state index is 0.106. The molecule has 1 aromatic carbocycles. The van der Waals surface area contributed by atoms with Gasteiger partial charge in [-0.05, 0) is 18.6 Å². The smallest absolute Gasteiger partial charge is 0.240 e. The van der Waals surface area contributed by atoms with Crippen molar-refractivity contribution < 1.29 is 9.26 Å². The lowest BCUT2D eigenvalue weighted by atomic mass is 10.2. The van der Waals surface area contributed by atoms with E-state index < -0.39 is 0 Å². The molecule has 90 valence electrons. The molecule has 0 saturated heterocycles. The lowest BCUT2D eigenvalue weighted by Gasteiger charge is -2.00. The first kappa shape index (κ1) is 12.1. The number of ether oxygens (including phenoxy) is 1. The molecule has 1 aromatic heterocycles. The molecule has 0 aliphatic carbocycles. The van der Waals surface area contributed by atoms with Crippen molar-refractivity contribution in [2.75, 3.05) is 7.11 Å². The standard InChI is InChI=1S/C12H13BrN2O2/c1-3-10(13)12-14-11(15-17-12)8-5-4-6-9(7-8)16-2/h4-7,10H,3H2,1-2H3. The summed E-state index contributed by atoms with van der Waals surface area (Å²) in [5, 5.41) is 3.96. The van der Waals surface area contributed by atoms with Crippen molar-refractivity contribution in [1.29, 1.82) is 0 Å². The zero-order chi connectivity index (χ0) is 12.3. The molecule has 5 heteroatoms. The van der Waals surface area contributed by atoms with Crippen LogP contribution in [0.4, 0.5) is 0 Å². The van der Waals surface area contributed by atoms with E-state index in [4.69, 9.17) is 9.26 Å². The van der Waals surface area contributed by atoms with E-state index in [9.17, 15) is 0 Å². The molecule has 1 heterocycles. The van der Waals surface area contributed by atoms with Gasteiger partial charge >= 0.3 is 0 Å². The van der Waals surface area contributed by atoms with Crippen molar-refractivity contribution >= 4 is 15.9 Å². The van der Waals surface area contributed by atoms with Gasteiger partial charge in [-0.25, -0.2) is 0 Å². The molecule has 17 heavy (non-hydrogen) atoms. The third kappa shape index (κ3) is 2.66. The average Bonchev–Trinajstić information content (AvgIpc) is 2.87. The first-order valence-corrected chi connectivity index (χ1v) is 6.28. The Morgan fingerprint density at radius 3 is 3.00 bits per heavy atom. The van der Waals surface area contributed by atoms with Gasteiger partial charge in [0.2, 0.25) is 11.7 Å². The van der Waals surface area contributed by atoms with Gasteiger partial charge in [0.25, 0.3) is 0 Å². The Labute approximate surface area is 108 Å². The second kappa shape index (κ2) is 5.31. The van der Waals surface area contributed by atoms with Crippen molar-refractivity contribution in [3.63, 3.8) is 0 Å². The van der Waals surface area contributed by atoms with Crippen molar-refractivity contribution in [2.45, 2.75) is 18.2 Å². The summed E-state index contributed by atoms with van der Waals surface area (Å²) in [6, 6.07) is 7.58. The van der Waals surface area contributed by atoms with Gasteiger partial charge in [-0.3, -0.25) is 0 Å². The molecule has 4 nitrogen and oxygen atoms in total. The fraction of sp³-hybridized carbons (Fsp3) is 0.333. The summed E-state index contributed by atoms with van der Waals surface area (Å²) in [5.74, 6) is 1.96. The molecule has 2 aromatic rings. The number of benzene rings is 1. The summed E-state index contributed by atoms with van der Waals surface area (Å²) in [6.45, 7) is 2.05. The van der Waals surface area contributed by atoms with E-state index >= 15 is 0 Å². The van der Waals surface area contributed by atoms with Gasteiger partial charge in [-0.1, -0.05) is 40.1 Å². The number of alkyl halides is 1. The maximum atomic E-state index is 5.20. The highest BCUT2D eigenvalue weighted by molar-refractivity contribution is 9.09. The second-order valence-electron chi connectivity index (χ2n) is 3.56. The SMILES string of the molecule is CCC(Br)c1nc(-c2cccc(OC)c2)no1. The first-order chi connectivity index (χ1) is 8.24. The van der Waals surface area contributed by atoms with Crippen LogP contribution in [0.5, 0.6) is 5.75 Å². The highest BCUT2D eigenvalue weighted by Crippen LogP contribution is 2.27. The summed E-state index contributed by atoms with van der Waals surface area (Å²) in [4.78, 5) is 4.45. The predicted molar refractivity (Wildman–Crippen MR) is 68.2 cm³/mol. The quantitative estimate of drug-likeness (QED) is 0.809. The fourth-order valence-corrected chi connectivity index (χ4v) is 1.60. The van der Waals surface area contributed by atoms with E-state index in [0.29, 0.717) is 11.7 Å². The van der Waals surface area contributed by atoms with Crippen LogP contribution in [0.25, 0.3) is 11.4 Å². The van der Waals surface area contributed by atoms with Crippen LogP contribution in [0.3, 0.4) is 0 Å². The van der Waals surface area contributed by atoms with Crippen molar-refractivity contribution in [3.05, 3.63) is 30.2 Å². The molecule has 0 spiro atoms. The number of hydrogen-bond donors (Lipinski definition) is 0. The third-order valence-electron chi connectivity index (χ3n) is 2.40. The van der Waals surface area contributed by atoms with Gasteiger partial charge in [0.1, 0.15) is 5.75 Å². The number of aromatic nitrogens is 2. The Bertz CT molecular complexity index is 499. The van der Waals surface area contributed by atoms with Crippen LogP contribution < -0.4 is 4.74 Å². The average molecular weight is 297 g/mol. The molecule has 0 fully saturated rings. The number of nitrogens with zero attached hydrogens (tertiary/aromatic N) is 2. The zero-order valence-electron chi connectivity index (χ0n) is 9.68. The van der Waals surface area contributed by atoms with Gasteiger partial charge in [-0.2, -0.15) is 4.98 Å². The lowest BCUT2D eigenvalue weighted by Crippen LogP contribution is -1.88. The van der Waals surface area contributed by atoms with Crippen LogP contribution in [0, 0.1) is 0 Å². The number of hydrogen-bond acceptors (Lipinski definition) is 4. The number of rotatable bonds is 4. The maximum Gasteiger partial charge on any atom is 0.240 e. The van der Waals surface area contributed by atoms with Crippen LogP contribution in [0.15, 0.2) is 28.8 Å². The van der Waals surface area contributed by atoms with E-state index in [1.807, 2.05) is 24.3 Å². The fourth-order valence-electron chi connectivity index (χ4n) is 1.42. The van der Waals surface area contributed by atoms with Crippen molar-refractivity contribution in [3.8, 4) is 17.1 Å². The van der Waals surface area contributed by atoms with Gasteiger partial charge in [-0.15, -0.1) is 0 Å². The van der Waals surface area contributed by atoms with Crippen molar-refractivity contribution in [2.24, 2.45) is 0 Å². The van der Waals surface area contributed by atoms with Gasteiger partial charge < -0.3 is 9.26 Å². The maximum absolute atomic E-state index is 5.20. The lowest BCUT2D eigenvalue weighted by molar-refractivity contribution is 0.377. The molecular weight excluding hydrogens is 284 g/mol. The molecule has 1 unspecified atom stereocenters. The summed E-state index contributed by atoms with van der Waals surface area (Å²) >= 11 is 3.48. The number of methoxy groups -OCH3 is 1. The highest BCUT2D eigenvalue weighted by atomic mass is 79.9. The minimum Gasteiger partial charge on any atom is -0.497 e. The predicted octanol–water partition coefficient (Wildman–Crippen LogP) is 3.59. The van der Waals surface area contributed by atoms with Crippen molar-refractivity contribution in [1.82, 2.24) is 10.1 Å². The Hall–Kier alpha value is -1.36. The molecular formula is C12H13BrN2O2. The van der Waals surface area contributed by atoms with Gasteiger partial charge in [0.15, 0.2) is 0 Å². The van der Waals surface area contributed by atoms with E-state index in [1.165, 1.54) is 0 Å². The van der Waals surface area contributed by atoms with Gasteiger partial charge in [0.05, 0.1) is 11.9 Å². The van der Waals surface area contributed by atoms with Crippen LogP contribution in [-0.2, 0) is 0 Å². The summed E-state index contributed by atoms with van der Waals surface area (Å²) in [6.07, 6.45) is 0.903. The third-order valence-corrected chi connectivity index (χ3v) is 3.44. The Kier molecular flexibility index (Phi) is 3.78. The Morgan fingerprint density at radius 1 is 1.47 bits per heavy atom. The second-order valence-corrected chi connectivity index (χ2v) is 4.67. The largest absolute Gasteiger partial charge is 0.497 e. The van der Waals surface area contributed by atoms with E-state index in [2.05, 4.69) is 33.0 Å². The molecule has 0 bridgehead atoms. The van der Waals surface area contributed by atoms with Crippen LogP contribution in [-0.4, -0.2) is 17.3 Å². The van der Waals surface area contributed by atoms with Crippen LogP contribution in [0.1, 0.15) is 24.1 Å². The number of halogens is 1. The molecule has 0 aliphatic heterocycles. The summed E-state index contributed by atoms with van der Waals surface area (Å²) < 4.78 is 10.4. The summed E-state index contributed by atoms with van der Waals surface area (Å²) in [5.41, 5.74) is 0.884.